The molecule has 0 aliphatic carbocycles. The summed E-state index contributed by atoms with van der Waals surface area (Å²) in [5.41, 5.74) is 1.25. The van der Waals surface area contributed by atoms with Crippen LogP contribution in [0.2, 0.25) is 0 Å². The SMILES string of the molecule is C1CC[N-]CC1.CC(=N\O)/C(C)=N/O.CC(=N\O)/C(C)=N/O.N#C[CH-]CC#N.[Co+2]. The molecule has 1 heterocycles. The molecule has 0 unspecified atom stereocenters. The van der Waals surface area contributed by atoms with Gasteiger partial charge in [0.2, 0.25) is 0 Å². The molecule has 0 amide bonds. The fourth-order valence-corrected chi connectivity index (χ4v) is 1.12. The summed E-state index contributed by atoms with van der Waals surface area (Å²) in [6.07, 6.45) is 5.56. The second kappa shape index (κ2) is 27.4. The zero-order chi connectivity index (χ0) is 22.2. The van der Waals surface area contributed by atoms with Crippen molar-refractivity contribution in [1.82, 2.24) is 0 Å². The van der Waals surface area contributed by atoms with Gasteiger partial charge in [-0.2, -0.15) is 0 Å². The van der Waals surface area contributed by atoms with Crippen molar-refractivity contribution in [3.05, 3.63) is 11.7 Å². The molecule has 1 aliphatic heterocycles. The number of nitrogens with zero attached hydrogens (tertiary/aromatic N) is 7. The van der Waals surface area contributed by atoms with Gasteiger partial charge in [0.25, 0.3) is 0 Å². The van der Waals surface area contributed by atoms with Crippen molar-refractivity contribution in [2.45, 2.75) is 53.4 Å². The molecule has 4 N–H and O–H groups in total. The van der Waals surface area contributed by atoms with E-state index in [1.165, 1.54) is 53.4 Å². The van der Waals surface area contributed by atoms with Crippen molar-refractivity contribution in [2.75, 3.05) is 13.1 Å². The topological polar surface area (TPSA) is 192 Å². The molecule has 29 heavy (non-hydrogen) atoms. The fraction of sp³-hybridized carbons (Fsp3) is 0.588. The van der Waals surface area contributed by atoms with Crippen LogP contribution in [-0.4, -0.2) is 56.8 Å². The molecule has 0 saturated carbocycles. The van der Waals surface area contributed by atoms with E-state index in [4.69, 9.17) is 31.4 Å². The summed E-state index contributed by atoms with van der Waals surface area (Å²) >= 11 is 0. The second-order valence-electron chi connectivity index (χ2n) is 5.17. The van der Waals surface area contributed by atoms with Crippen molar-refractivity contribution in [3.63, 3.8) is 0 Å². The number of hydrogen-bond acceptors (Lipinski definition) is 10. The largest absolute Gasteiger partial charge is 2.00 e. The van der Waals surface area contributed by atoms with E-state index in [2.05, 4.69) is 25.9 Å². The summed E-state index contributed by atoms with van der Waals surface area (Å²) in [5.74, 6) is 0. The van der Waals surface area contributed by atoms with E-state index in [9.17, 15) is 0 Å². The van der Waals surface area contributed by atoms with E-state index in [1.54, 1.807) is 12.1 Å². The third-order valence-corrected chi connectivity index (χ3v) is 3.06. The summed E-state index contributed by atoms with van der Waals surface area (Å²) in [5, 5.41) is 63.0. The Kier molecular flexibility index (Phi) is 31.9. The predicted octanol–water partition coefficient (Wildman–Crippen LogP) is 3.54. The quantitative estimate of drug-likeness (QED) is 0.166. The molecule has 12 heteroatoms. The summed E-state index contributed by atoms with van der Waals surface area (Å²) in [4.78, 5) is 0. The summed E-state index contributed by atoms with van der Waals surface area (Å²) in [6.45, 7) is 8.40. The van der Waals surface area contributed by atoms with E-state index in [0.717, 1.165) is 13.1 Å². The van der Waals surface area contributed by atoms with Crippen LogP contribution in [0.15, 0.2) is 20.6 Å². The molecular weight excluding hydrogens is 425 g/mol. The van der Waals surface area contributed by atoms with Gasteiger partial charge in [-0.1, -0.05) is 46.3 Å². The molecule has 0 aromatic heterocycles. The summed E-state index contributed by atoms with van der Waals surface area (Å²) in [7, 11) is 0. The molecule has 1 aliphatic rings. The first kappa shape index (κ1) is 33.8. The number of unbranched alkanes of at least 4 members (excludes halogenated alkanes) is 1. The van der Waals surface area contributed by atoms with Gasteiger partial charge in [0.1, 0.15) is 22.8 Å². The molecule has 1 saturated heterocycles. The Balaban J connectivity index is -0.000000143. The minimum absolute atomic E-state index is 0. The third kappa shape index (κ3) is 27.5. The van der Waals surface area contributed by atoms with E-state index < -0.39 is 0 Å². The summed E-state index contributed by atoms with van der Waals surface area (Å²) < 4.78 is 0. The third-order valence-electron chi connectivity index (χ3n) is 3.06. The van der Waals surface area contributed by atoms with Gasteiger partial charge in [0.15, 0.2) is 0 Å². The molecular formula is C17H29CoN7O4. The Morgan fingerprint density at radius 3 is 1.24 bits per heavy atom. The van der Waals surface area contributed by atoms with E-state index in [1.807, 2.05) is 0 Å². The van der Waals surface area contributed by atoms with Gasteiger partial charge >= 0.3 is 16.8 Å². The van der Waals surface area contributed by atoms with Crippen LogP contribution in [0.4, 0.5) is 0 Å². The average molecular weight is 454 g/mol. The maximum Gasteiger partial charge on any atom is 2.00 e. The van der Waals surface area contributed by atoms with Gasteiger partial charge in [0, 0.05) is 6.07 Å². The number of hydrogen-bond donors (Lipinski definition) is 4. The van der Waals surface area contributed by atoms with Crippen LogP contribution in [0, 0.1) is 29.1 Å². The zero-order valence-corrected chi connectivity index (χ0v) is 18.1. The van der Waals surface area contributed by atoms with Crippen LogP contribution in [-0.2, 0) is 16.8 Å². The monoisotopic (exact) mass is 454 g/mol. The van der Waals surface area contributed by atoms with Crippen LogP contribution >= 0.6 is 0 Å². The number of rotatable bonds is 3. The number of oxime groups is 4. The Morgan fingerprint density at radius 1 is 0.793 bits per heavy atom. The molecule has 165 valence electrons. The normalized spacial score (nSPS) is 13.9. The Bertz CT molecular complexity index is 500. The first-order valence-electron chi connectivity index (χ1n) is 8.32. The minimum atomic E-state index is 0. The first-order chi connectivity index (χ1) is 13.4. The molecule has 0 bridgehead atoms. The average Bonchev–Trinajstić information content (AvgIpc) is 2.77. The van der Waals surface area contributed by atoms with Crippen molar-refractivity contribution in [3.8, 4) is 12.1 Å². The fourth-order valence-electron chi connectivity index (χ4n) is 1.12. The molecule has 1 radical (unpaired) electrons. The Hall–Kier alpha value is -2.80. The van der Waals surface area contributed by atoms with Crippen molar-refractivity contribution in [2.24, 2.45) is 20.6 Å². The molecule has 0 atom stereocenters. The number of piperidine rings is 1. The van der Waals surface area contributed by atoms with Crippen LogP contribution in [0.25, 0.3) is 5.32 Å². The first-order valence-corrected chi connectivity index (χ1v) is 8.32. The van der Waals surface area contributed by atoms with Gasteiger partial charge in [-0.25, -0.2) is 10.5 Å². The standard InChI is InChI=1S/C5H10N.2C4H8N2O2.C4H3N2.Co/c1-2-4-6-5-3-1;2*1-3(5-7)4(2)6-8;5-3-1-2-4-6;/h1-5H2;2*7-8H,1-2H3;1H,2H2;/q-1;;;-1;+2/b;2*5-3+,6-4+;;. The van der Waals surface area contributed by atoms with Crippen LogP contribution in [0.3, 0.4) is 0 Å². The van der Waals surface area contributed by atoms with Gasteiger partial charge in [0.05, 0.1) is 0 Å². The smallest absolute Gasteiger partial charge is 0.662 e. The van der Waals surface area contributed by atoms with Gasteiger partial charge in [-0.15, -0.1) is 19.2 Å². The van der Waals surface area contributed by atoms with Crippen LogP contribution in [0.1, 0.15) is 53.4 Å². The van der Waals surface area contributed by atoms with Crippen LogP contribution < -0.4 is 0 Å². The van der Waals surface area contributed by atoms with Crippen molar-refractivity contribution in [1.29, 1.82) is 10.5 Å². The van der Waals surface area contributed by atoms with Crippen LogP contribution in [0.5, 0.6) is 0 Å². The molecule has 11 nitrogen and oxygen atoms in total. The Labute approximate surface area is 182 Å². The predicted molar refractivity (Wildman–Crippen MR) is 107 cm³/mol. The van der Waals surface area contributed by atoms with Gasteiger partial charge < -0.3 is 26.1 Å². The molecule has 0 aromatic rings. The maximum absolute atomic E-state index is 8.03. The molecule has 1 rings (SSSR count). The molecule has 0 aromatic carbocycles. The van der Waals surface area contributed by atoms with Gasteiger partial charge in [-0.3, -0.25) is 6.42 Å². The van der Waals surface area contributed by atoms with Crippen molar-refractivity contribution >= 4 is 22.8 Å². The molecule has 1 fully saturated rings. The minimum Gasteiger partial charge on any atom is -0.662 e. The maximum atomic E-state index is 8.03. The van der Waals surface area contributed by atoms with E-state index in [-0.39, 0.29) is 23.2 Å². The van der Waals surface area contributed by atoms with Crippen molar-refractivity contribution < 1.29 is 37.6 Å². The van der Waals surface area contributed by atoms with Gasteiger partial charge in [-0.05, 0) is 27.7 Å². The molecule has 0 spiro atoms. The van der Waals surface area contributed by atoms with E-state index in [0.29, 0.717) is 22.8 Å². The summed E-state index contributed by atoms with van der Waals surface area (Å²) in [6, 6.07) is 3.51. The zero-order valence-electron chi connectivity index (χ0n) is 17.1. The Morgan fingerprint density at radius 2 is 1.14 bits per heavy atom. The number of nitriles is 2. The second-order valence-corrected chi connectivity index (χ2v) is 5.17. The van der Waals surface area contributed by atoms with E-state index >= 15 is 0 Å².